The van der Waals surface area contributed by atoms with Crippen molar-refractivity contribution in [2.24, 2.45) is 11.8 Å². The first-order valence-electron chi connectivity index (χ1n) is 9.63. The van der Waals surface area contributed by atoms with E-state index in [1.54, 1.807) is 0 Å². The lowest BCUT2D eigenvalue weighted by molar-refractivity contribution is 0.0925. The Kier molecular flexibility index (Phi) is 5.17. The van der Waals surface area contributed by atoms with Crippen molar-refractivity contribution in [2.45, 2.75) is 31.8 Å². The number of benzene rings is 3. The van der Waals surface area contributed by atoms with Gasteiger partial charge in [0.25, 0.3) is 0 Å². The van der Waals surface area contributed by atoms with Gasteiger partial charge in [-0.05, 0) is 59.8 Å². The molecule has 0 spiro atoms. The third-order valence-corrected chi connectivity index (χ3v) is 5.70. The maximum Gasteiger partial charge on any atom is 0.0821 e. The van der Waals surface area contributed by atoms with Crippen molar-refractivity contribution in [1.29, 1.82) is 0 Å². The van der Waals surface area contributed by atoms with E-state index in [4.69, 9.17) is 0 Å². The molecule has 1 aliphatic carbocycles. The van der Waals surface area contributed by atoms with Crippen LogP contribution in [-0.4, -0.2) is 5.11 Å². The second-order valence-corrected chi connectivity index (χ2v) is 7.58. The van der Waals surface area contributed by atoms with E-state index in [0.29, 0.717) is 5.92 Å². The third-order valence-electron chi connectivity index (χ3n) is 5.70. The van der Waals surface area contributed by atoms with Crippen LogP contribution < -0.4 is 0 Å². The fraction of sp³-hybridized carbons (Fsp3) is 0.280. The highest BCUT2D eigenvalue weighted by Gasteiger charge is 2.28. The smallest absolute Gasteiger partial charge is 0.0821 e. The molecule has 0 aliphatic heterocycles. The zero-order chi connectivity index (χ0) is 17.8. The van der Waals surface area contributed by atoms with Crippen LogP contribution in [0.15, 0.2) is 84.9 Å². The predicted octanol–water partition coefficient (Wildman–Crippen LogP) is 5.38. The average molecular weight is 342 g/mol. The van der Waals surface area contributed by atoms with Crippen molar-refractivity contribution < 1.29 is 5.11 Å². The minimum absolute atomic E-state index is 0.235. The minimum Gasteiger partial charge on any atom is -0.388 e. The van der Waals surface area contributed by atoms with E-state index in [0.717, 1.165) is 31.2 Å². The van der Waals surface area contributed by atoms with Crippen LogP contribution in [0.4, 0.5) is 0 Å². The summed E-state index contributed by atoms with van der Waals surface area (Å²) in [6.07, 6.45) is 3.84. The topological polar surface area (TPSA) is 20.2 Å². The average Bonchev–Trinajstić information content (AvgIpc) is 3.11. The van der Waals surface area contributed by atoms with Crippen molar-refractivity contribution in [2.75, 3.05) is 0 Å². The Bertz CT molecular complexity index is 800. The number of fused-ring (bicyclic) bond motifs is 1. The van der Waals surface area contributed by atoms with Crippen LogP contribution in [0.5, 0.6) is 0 Å². The molecule has 1 aliphatic rings. The first-order valence-corrected chi connectivity index (χ1v) is 9.63. The van der Waals surface area contributed by atoms with Gasteiger partial charge < -0.3 is 5.11 Å². The molecular formula is C25H26O. The second kappa shape index (κ2) is 7.88. The van der Waals surface area contributed by atoms with Crippen molar-refractivity contribution in [1.82, 2.24) is 0 Å². The normalized spacial score (nSPS) is 16.2. The monoisotopic (exact) mass is 342 g/mol. The maximum absolute atomic E-state index is 11.1. The Balaban J connectivity index is 1.53. The molecule has 1 heteroatoms. The molecule has 2 atom stereocenters. The van der Waals surface area contributed by atoms with Crippen LogP contribution in [-0.2, 0) is 19.3 Å². The molecule has 0 unspecified atom stereocenters. The molecule has 4 rings (SSSR count). The summed E-state index contributed by atoms with van der Waals surface area (Å²) in [6.45, 7) is 0. The molecule has 0 radical (unpaired) electrons. The highest BCUT2D eigenvalue weighted by Crippen LogP contribution is 2.36. The molecule has 3 aromatic carbocycles. The van der Waals surface area contributed by atoms with E-state index in [1.807, 2.05) is 30.3 Å². The van der Waals surface area contributed by atoms with Gasteiger partial charge in [0.15, 0.2) is 0 Å². The highest BCUT2D eigenvalue weighted by atomic mass is 16.3. The molecule has 0 bridgehead atoms. The molecule has 0 aromatic heterocycles. The Morgan fingerprint density at radius 2 is 1.27 bits per heavy atom. The van der Waals surface area contributed by atoms with Gasteiger partial charge in [-0.15, -0.1) is 0 Å². The van der Waals surface area contributed by atoms with Crippen LogP contribution in [0.1, 0.15) is 34.8 Å². The molecule has 132 valence electrons. The van der Waals surface area contributed by atoms with Crippen LogP contribution in [0, 0.1) is 11.8 Å². The van der Waals surface area contributed by atoms with Crippen LogP contribution in [0.2, 0.25) is 0 Å². The van der Waals surface area contributed by atoms with Gasteiger partial charge in [0.05, 0.1) is 6.10 Å². The summed E-state index contributed by atoms with van der Waals surface area (Å²) in [7, 11) is 0. The summed E-state index contributed by atoms with van der Waals surface area (Å²) < 4.78 is 0. The molecular weight excluding hydrogens is 316 g/mol. The van der Waals surface area contributed by atoms with E-state index in [2.05, 4.69) is 54.6 Å². The van der Waals surface area contributed by atoms with Gasteiger partial charge in [-0.1, -0.05) is 84.9 Å². The standard InChI is InChI=1S/C25H26O/c26-25(21-11-5-2-6-12-21)24(15-19-9-3-1-4-10-19)18-20-16-22-13-7-8-14-23(22)17-20/h1-14,20,24-26H,15-18H2/t24-,25-/m1/s1. The van der Waals surface area contributed by atoms with Crippen molar-refractivity contribution in [3.63, 3.8) is 0 Å². The van der Waals surface area contributed by atoms with Crippen LogP contribution in [0.25, 0.3) is 0 Å². The Morgan fingerprint density at radius 3 is 1.88 bits per heavy atom. The van der Waals surface area contributed by atoms with Crippen LogP contribution in [0.3, 0.4) is 0 Å². The SMILES string of the molecule is O[C@H](c1ccccc1)[C@H](Cc1ccccc1)CC1Cc2ccccc2C1. The highest BCUT2D eigenvalue weighted by molar-refractivity contribution is 5.32. The third kappa shape index (κ3) is 3.89. The molecule has 0 saturated carbocycles. The van der Waals surface area contributed by atoms with E-state index >= 15 is 0 Å². The van der Waals surface area contributed by atoms with Gasteiger partial charge in [0, 0.05) is 0 Å². The summed E-state index contributed by atoms with van der Waals surface area (Å²) in [5.41, 5.74) is 5.32. The number of aliphatic hydroxyl groups excluding tert-OH is 1. The van der Waals surface area contributed by atoms with E-state index in [9.17, 15) is 5.11 Å². The minimum atomic E-state index is -0.417. The molecule has 0 heterocycles. The first kappa shape index (κ1) is 17.1. The van der Waals surface area contributed by atoms with Gasteiger partial charge >= 0.3 is 0 Å². The lowest BCUT2D eigenvalue weighted by Crippen LogP contribution is -2.20. The summed E-state index contributed by atoms with van der Waals surface area (Å²) in [4.78, 5) is 0. The molecule has 1 nitrogen and oxygen atoms in total. The maximum atomic E-state index is 11.1. The Labute approximate surface area is 156 Å². The van der Waals surface area contributed by atoms with Crippen molar-refractivity contribution in [3.05, 3.63) is 107 Å². The Morgan fingerprint density at radius 1 is 0.731 bits per heavy atom. The molecule has 0 amide bonds. The lowest BCUT2D eigenvalue weighted by Gasteiger charge is -2.26. The summed E-state index contributed by atoms with van der Waals surface area (Å²) in [6, 6.07) is 29.5. The van der Waals surface area contributed by atoms with E-state index in [1.165, 1.54) is 16.7 Å². The largest absolute Gasteiger partial charge is 0.388 e. The van der Waals surface area contributed by atoms with E-state index < -0.39 is 6.10 Å². The summed E-state index contributed by atoms with van der Waals surface area (Å²) >= 11 is 0. The Hall–Kier alpha value is -2.38. The van der Waals surface area contributed by atoms with E-state index in [-0.39, 0.29) is 5.92 Å². The zero-order valence-electron chi connectivity index (χ0n) is 15.1. The van der Waals surface area contributed by atoms with Gasteiger partial charge in [0.1, 0.15) is 0 Å². The van der Waals surface area contributed by atoms with Crippen molar-refractivity contribution in [3.8, 4) is 0 Å². The molecule has 0 saturated heterocycles. The number of hydrogen-bond acceptors (Lipinski definition) is 1. The first-order chi connectivity index (χ1) is 12.8. The second-order valence-electron chi connectivity index (χ2n) is 7.58. The van der Waals surface area contributed by atoms with Gasteiger partial charge in [-0.25, -0.2) is 0 Å². The summed E-state index contributed by atoms with van der Waals surface area (Å²) in [5, 5.41) is 11.1. The predicted molar refractivity (Wildman–Crippen MR) is 107 cm³/mol. The summed E-state index contributed by atoms with van der Waals surface area (Å²) in [5.74, 6) is 0.860. The number of rotatable bonds is 6. The van der Waals surface area contributed by atoms with Crippen LogP contribution >= 0.6 is 0 Å². The quantitative estimate of drug-likeness (QED) is 0.637. The van der Waals surface area contributed by atoms with Gasteiger partial charge in [0.2, 0.25) is 0 Å². The lowest BCUT2D eigenvalue weighted by atomic mass is 9.82. The van der Waals surface area contributed by atoms with Gasteiger partial charge in [-0.3, -0.25) is 0 Å². The molecule has 0 fully saturated rings. The fourth-order valence-electron chi connectivity index (χ4n) is 4.41. The zero-order valence-corrected chi connectivity index (χ0v) is 15.1. The van der Waals surface area contributed by atoms with Gasteiger partial charge in [-0.2, -0.15) is 0 Å². The number of hydrogen-bond donors (Lipinski definition) is 1. The molecule has 3 aromatic rings. The van der Waals surface area contributed by atoms with Crippen molar-refractivity contribution >= 4 is 0 Å². The molecule has 1 N–H and O–H groups in total. The number of aliphatic hydroxyl groups is 1. The molecule has 26 heavy (non-hydrogen) atoms. The fourth-order valence-corrected chi connectivity index (χ4v) is 4.41.